The summed E-state index contributed by atoms with van der Waals surface area (Å²) in [6, 6.07) is 11.5. The van der Waals surface area contributed by atoms with Gasteiger partial charge < -0.3 is 9.64 Å². The zero-order chi connectivity index (χ0) is 20.5. The number of esters is 1. The van der Waals surface area contributed by atoms with Gasteiger partial charge >= 0.3 is 5.97 Å². The first-order valence-electron chi connectivity index (χ1n) is 9.62. The molecule has 2 aliphatic rings. The number of para-hydroxylation sites is 1. The molecule has 148 valence electrons. The Balaban J connectivity index is 1.56. The van der Waals surface area contributed by atoms with E-state index in [0.717, 1.165) is 36.2 Å². The van der Waals surface area contributed by atoms with Gasteiger partial charge in [0.2, 0.25) is 0 Å². The molecule has 6 nitrogen and oxygen atoms in total. The number of nitriles is 1. The SMILES string of the molecule is CSc1nc(C2CC2)cc(C(=O)O[C@H](C)C(=O)N2CCc3ccccc32)c1C#N. The fourth-order valence-corrected chi connectivity index (χ4v) is 4.16. The molecule has 1 atom stereocenters. The van der Waals surface area contributed by atoms with Gasteiger partial charge in [0.05, 0.1) is 11.1 Å². The van der Waals surface area contributed by atoms with Gasteiger partial charge in [-0.2, -0.15) is 5.26 Å². The minimum atomic E-state index is -0.949. The van der Waals surface area contributed by atoms with E-state index < -0.39 is 12.1 Å². The fourth-order valence-electron chi connectivity index (χ4n) is 3.61. The maximum Gasteiger partial charge on any atom is 0.340 e. The van der Waals surface area contributed by atoms with E-state index in [0.29, 0.717) is 17.5 Å². The molecular weight excluding hydrogens is 386 g/mol. The normalized spacial score (nSPS) is 16.1. The minimum absolute atomic E-state index is 0.190. The van der Waals surface area contributed by atoms with Crippen LogP contribution >= 0.6 is 11.8 Å². The molecule has 0 spiro atoms. The third-order valence-corrected chi connectivity index (χ3v) is 5.99. The lowest BCUT2D eigenvalue weighted by Crippen LogP contribution is -2.39. The molecule has 7 heteroatoms. The minimum Gasteiger partial charge on any atom is -0.449 e. The van der Waals surface area contributed by atoms with Gasteiger partial charge in [-0.1, -0.05) is 18.2 Å². The van der Waals surface area contributed by atoms with E-state index in [4.69, 9.17) is 4.74 Å². The number of hydrogen-bond acceptors (Lipinski definition) is 6. The molecule has 0 bridgehead atoms. The maximum absolute atomic E-state index is 12.9. The Morgan fingerprint density at radius 3 is 2.79 bits per heavy atom. The molecule has 1 aromatic carbocycles. The lowest BCUT2D eigenvalue weighted by Gasteiger charge is -2.22. The van der Waals surface area contributed by atoms with Gasteiger partial charge in [0.15, 0.2) is 6.10 Å². The van der Waals surface area contributed by atoms with Crippen molar-refractivity contribution >= 4 is 29.3 Å². The average Bonchev–Trinajstić information content (AvgIpc) is 3.51. The first kappa shape index (κ1) is 19.5. The highest BCUT2D eigenvalue weighted by atomic mass is 32.2. The number of nitrogens with zero attached hydrogens (tertiary/aromatic N) is 3. The van der Waals surface area contributed by atoms with Gasteiger partial charge in [0, 0.05) is 23.8 Å². The molecule has 1 fully saturated rings. The van der Waals surface area contributed by atoms with Crippen molar-refractivity contribution in [3.8, 4) is 6.07 Å². The summed E-state index contributed by atoms with van der Waals surface area (Å²) in [7, 11) is 0. The van der Waals surface area contributed by atoms with E-state index in [1.807, 2.05) is 30.5 Å². The molecule has 2 aromatic rings. The monoisotopic (exact) mass is 407 g/mol. The summed E-state index contributed by atoms with van der Waals surface area (Å²) < 4.78 is 5.50. The first-order valence-corrected chi connectivity index (χ1v) is 10.8. The number of hydrogen-bond donors (Lipinski definition) is 0. The second-order valence-corrected chi connectivity index (χ2v) is 8.08. The van der Waals surface area contributed by atoms with E-state index in [-0.39, 0.29) is 17.0 Å². The van der Waals surface area contributed by atoms with Crippen LogP contribution in [0.4, 0.5) is 5.69 Å². The van der Waals surface area contributed by atoms with Crippen LogP contribution in [-0.4, -0.2) is 35.8 Å². The molecule has 1 aromatic heterocycles. The van der Waals surface area contributed by atoms with Crippen molar-refractivity contribution in [1.29, 1.82) is 5.26 Å². The lowest BCUT2D eigenvalue weighted by molar-refractivity contribution is -0.126. The highest BCUT2D eigenvalue weighted by Gasteiger charge is 2.32. The van der Waals surface area contributed by atoms with Crippen LogP contribution in [0.25, 0.3) is 0 Å². The van der Waals surface area contributed by atoms with Gasteiger partial charge in [0.1, 0.15) is 11.1 Å². The molecule has 1 aliphatic carbocycles. The number of rotatable bonds is 5. The number of fused-ring (bicyclic) bond motifs is 1. The molecule has 0 unspecified atom stereocenters. The van der Waals surface area contributed by atoms with Gasteiger partial charge in [-0.25, -0.2) is 9.78 Å². The van der Waals surface area contributed by atoms with E-state index in [9.17, 15) is 14.9 Å². The number of thioether (sulfide) groups is 1. The topological polar surface area (TPSA) is 83.3 Å². The Hall–Kier alpha value is -2.85. The van der Waals surface area contributed by atoms with E-state index >= 15 is 0 Å². The molecule has 1 amide bonds. The number of ether oxygens (including phenoxy) is 1. The Morgan fingerprint density at radius 2 is 2.10 bits per heavy atom. The van der Waals surface area contributed by atoms with E-state index in [1.54, 1.807) is 17.9 Å². The third-order valence-electron chi connectivity index (χ3n) is 5.31. The zero-order valence-corrected chi connectivity index (χ0v) is 17.2. The Labute approximate surface area is 173 Å². The number of benzene rings is 1. The summed E-state index contributed by atoms with van der Waals surface area (Å²) in [4.78, 5) is 32.0. The van der Waals surface area contributed by atoms with Crippen LogP contribution in [-0.2, 0) is 16.0 Å². The van der Waals surface area contributed by atoms with E-state index in [1.165, 1.54) is 11.8 Å². The summed E-state index contributed by atoms with van der Waals surface area (Å²) in [6.45, 7) is 2.15. The molecule has 4 rings (SSSR count). The number of carbonyl (C=O) groups is 2. The number of carbonyl (C=O) groups excluding carboxylic acids is 2. The zero-order valence-electron chi connectivity index (χ0n) is 16.3. The van der Waals surface area contributed by atoms with Crippen molar-refractivity contribution in [3.63, 3.8) is 0 Å². The van der Waals surface area contributed by atoms with Crippen molar-refractivity contribution < 1.29 is 14.3 Å². The summed E-state index contributed by atoms with van der Waals surface area (Å²) in [5.41, 5.74) is 3.18. The largest absolute Gasteiger partial charge is 0.449 e. The standard InChI is InChI=1S/C22H21N3O3S/c1-13(21(26)25-10-9-15-5-3-4-6-19(15)25)28-22(27)16-11-18(14-7-8-14)24-20(29-2)17(16)12-23/h3-6,11,13-14H,7-10H2,1-2H3/t13-/m1/s1. The molecule has 2 heterocycles. The highest BCUT2D eigenvalue weighted by Crippen LogP contribution is 2.40. The van der Waals surface area contributed by atoms with Crippen molar-refractivity contribution in [1.82, 2.24) is 4.98 Å². The van der Waals surface area contributed by atoms with Crippen molar-refractivity contribution in [2.75, 3.05) is 17.7 Å². The smallest absolute Gasteiger partial charge is 0.340 e. The quantitative estimate of drug-likeness (QED) is 0.555. The van der Waals surface area contributed by atoms with Crippen LogP contribution in [0.5, 0.6) is 0 Å². The second-order valence-electron chi connectivity index (χ2n) is 7.28. The molecule has 0 radical (unpaired) electrons. The predicted molar refractivity (Wildman–Crippen MR) is 110 cm³/mol. The van der Waals surface area contributed by atoms with Crippen molar-refractivity contribution in [2.45, 2.75) is 43.2 Å². The van der Waals surface area contributed by atoms with Gasteiger partial charge in [0.25, 0.3) is 5.91 Å². The van der Waals surface area contributed by atoms with Crippen LogP contribution in [0, 0.1) is 11.3 Å². The van der Waals surface area contributed by atoms with Crippen molar-refractivity contribution in [3.05, 3.63) is 52.7 Å². The summed E-state index contributed by atoms with van der Waals surface area (Å²) in [6.07, 6.45) is 3.73. The predicted octanol–water partition coefficient (Wildman–Crippen LogP) is 3.69. The summed E-state index contributed by atoms with van der Waals surface area (Å²) >= 11 is 1.33. The number of anilines is 1. The fraction of sp³-hybridized carbons (Fsp3) is 0.364. The number of amides is 1. The van der Waals surface area contributed by atoms with Crippen LogP contribution < -0.4 is 4.90 Å². The molecule has 1 saturated carbocycles. The van der Waals surface area contributed by atoms with Gasteiger partial charge in [-0.05, 0) is 50.1 Å². The molecule has 29 heavy (non-hydrogen) atoms. The Kier molecular flexibility index (Phi) is 5.29. The summed E-state index contributed by atoms with van der Waals surface area (Å²) in [5.74, 6) is -0.585. The van der Waals surface area contributed by atoms with Crippen LogP contribution in [0.3, 0.4) is 0 Å². The second kappa shape index (κ2) is 7.88. The molecular formula is C22H21N3O3S. The Morgan fingerprint density at radius 1 is 1.34 bits per heavy atom. The van der Waals surface area contributed by atoms with Crippen LogP contribution in [0.2, 0.25) is 0 Å². The Bertz CT molecular complexity index is 1030. The number of pyridine rings is 1. The number of aromatic nitrogens is 1. The van der Waals surface area contributed by atoms with Crippen molar-refractivity contribution in [2.24, 2.45) is 0 Å². The summed E-state index contributed by atoms with van der Waals surface area (Å²) in [5, 5.41) is 10.1. The van der Waals surface area contributed by atoms with Gasteiger partial charge in [-0.15, -0.1) is 11.8 Å². The first-order chi connectivity index (χ1) is 14.0. The molecule has 1 aliphatic heterocycles. The van der Waals surface area contributed by atoms with E-state index in [2.05, 4.69) is 11.1 Å². The highest BCUT2D eigenvalue weighted by molar-refractivity contribution is 7.98. The third kappa shape index (κ3) is 3.73. The molecule has 0 N–H and O–H groups in total. The van der Waals surface area contributed by atoms with Crippen LogP contribution in [0.1, 0.15) is 52.9 Å². The van der Waals surface area contributed by atoms with Gasteiger partial charge in [-0.3, -0.25) is 4.79 Å². The van der Waals surface area contributed by atoms with Crippen LogP contribution in [0.15, 0.2) is 35.4 Å². The average molecular weight is 407 g/mol. The lowest BCUT2D eigenvalue weighted by atomic mass is 10.1. The molecule has 0 saturated heterocycles. The maximum atomic E-state index is 12.9.